The molecule has 2 aliphatic heterocycles. The highest BCUT2D eigenvalue weighted by Crippen LogP contribution is 2.37. The van der Waals surface area contributed by atoms with Gasteiger partial charge in [0.2, 0.25) is 15.9 Å². The van der Waals surface area contributed by atoms with Crippen LogP contribution in [-0.4, -0.2) is 57.4 Å². The van der Waals surface area contributed by atoms with Crippen molar-refractivity contribution in [1.82, 2.24) is 9.21 Å². The number of fused-ring (bicyclic) bond motifs is 1. The lowest BCUT2D eigenvalue weighted by Crippen LogP contribution is -2.47. The molecular formula is C23H30N2O5S2. The van der Waals surface area contributed by atoms with E-state index in [2.05, 4.69) is 18.4 Å². The Bertz CT molecular complexity index is 1070. The van der Waals surface area contributed by atoms with Crippen LogP contribution in [0.1, 0.15) is 42.7 Å². The van der Waals surface area contributed by atoms with Crippen molar-refractivity contribution in [2.24, 2.45) is 5.92 Å². The minimum Gasteiger partial charge on any atom is -0.493 e. The van der Waals surface area contributed by atoms with Crippen molar-refractivity contribution in [3.8, 4) is 11.5 Å². The Hall–Kier alpha value is -2.10. The van der Waals surface area contributed by atoms with Gasteiger partial charge in [0.25, 0.3) is 0 Å². The van der Waals surface area contributed by atoms with Crippen LogP contribution in [0.2, 0.25) is 0 Å². The molecule has 174 valence electrons. The molecule has 3 heterocycles. The number of hydrogen-bond acceptors (Lipinski definition) is 6. The molecule has 2 aliphatic rings. The third-order valence-corrected chi connectivity index (χ3v) is 9.45. The Kier molecular flexibility index (Phi) is 6.78. The first-order valence-electron chi connectivity index (χ1n) is 11.0. The fourth-order valence-corrected chi connectivity index (χ4v) is 7.22. The molecule has 0 radical (unpaired) electrons. The third-order valence-electron chi connectivity index (χ3n) is 6.56. The van der Waals surface area contributed by atoms with Crippen LogP contribution in [0.4, 0.5) is 0 Å². The molecule has 0 N–H and O–H groups in total. The number of rotatable bonds is 6. The lowest BCUT2D eigenvalue weighted by atomic mass is 9.92. The summed E-state index contributed by atoms with van der Waals surface area (Å²) in [6, 6.07) is 6.90. The van der Waals surface area contributed by atoms with Gasteiger partial charge in [0, 0.05) is 36.5 Å². The van der Waals surface area contributed by atoms with E-state index in [0.29, 0.717) is 37.4 Å². The molecule has 4 rings (SSSR count). The van der Waals surface area contributed by atoms with Crippen molar-refractivity contribution in [3.63, 3.8) is 0 Å². The van der Waals surface area contributed by atoms with Crippen molar-refractivity contribution in [2.75, 3.05) is 33.9 Å². The van der Waals surface area contributed by atoms with Gasteiger partial charge in [0.15, 0.2) is 11.5 Å². The van der Waals surface area contributed by atoms with E-state index < -0.39 is 10.0 Å². The van der Waals surface area contributed by atoms with E-state index in [1.165, 1.54) is 41.1 Å². The Balaban J connectivity index is 1.44. The van der Waals surface area contributed by atoms with E-state index in [1.54, 1.807) is 17.4 Å². The third kappa shape index (κ3) is 4.13. The van der Waals surface area contributed by atoms with E-state index in [0.717, 1.165) is 19.4 Å². The molecule has 7 nitrogen and oxygen atoms in total. The summed E-state index contributed by atoms with van der Waals surface area (Å²) >= 11 is 1.77. The molecule has 1 saturated heterocycles. The Morgan fingerprint density at radius 3 is 2.47 bits per heavy atom. The first kappa shape index (κ1) is 23.1. The van der Waals surface area contributed by atoms with Crippen molar-refractivity contribution in [3.05, 3.63) is 40.1 Å². The second-order valence-corrected chi connectivity index (χ2v) is 11.1. The summed E-state index contributed by atoms with van der Waals surface area (Å²) in [6.45, 7) is 3.54. The minimum atomic E-state index is -3.67. The van der Waals surface area contributed by atoms with Crippen LogP contribution in [0.25, 0.3) is 0 Å². The molecule has 0 unspecified atom stereocenters. The number of methoxy groups -OCH3 is 2. The molecule has 32 heavy (non-hydrogen) atoms. The second-order valence-electron chi connectivity index (χ2n) is 8.20. The summed E-state index contributed by atoms with van der Waals surface area (Å²) in [4.78, 5) is 17.0. The van der Waals surface area contributed by atoms with Crippen molar-refractivity contribution >= 4 is 27.3 Å². The largest absolute Gasteiger partial charge is 0.493 e. The summed E-state index contributed by atoms with van der Waals surface area (Å²) in [5.74, 6) is 0.886. The number of thiophene rings is 1. The summed E-state index contributed by atoms with van der Waals surface area (Å²) in [7, 11) is -0.674. The molecule has 0 saturated carbocycles. The SMILES string of the molecule is CC[C@@H]1c2ccsc2CCN1C(=O)C1CCN(S(=O)(=O)c2ccc(OC)c(OC)c2)CC1. The summed E-state index contributed by atoms with van der Waals surface area (Å²) < 4.78 is 38.3. The number of nitrogens with zero attached hydrogens (tertiary/aromatic N) is 2. The van der Waals surface area contributed by atoms with Crippen molar-refractivity contribution in [2.45, 2.75) is 43.5 Å². The topological polar surface area (TPSA) is 76.2 Å². The molecule has 0 spiro atoms. The van der Waals surface area contributed by atoms with Crippen LogP contribution in [0.5, 0.6) is 11.5 Å². The van der Waals surface area contributed by atoms with Gasteiger partial charge < -0.3 is 14.4 Å². The van der Waals surface area contributed by atoms with Crippen LogP contribution < -0.4 is 9.47 Å². The lowest BCUT2D eigenvalue weighted by Gasteiger charge is -2.39. The van der Waals surface area contributed by atoms with Crippen molar-refractivity contribution < 1.29 is 22.7 Å². The molecule has 0 bridgehead atoms. The Morgan fingerprint density at radius 1 is 1.09 bits per heavy atom. The number of carbonyl (C=O) groups excluding carboxylic acids is 1. The Labute approximate surface area is 194 Å². The van der Waals surface area contributed by atoms with Crippen LogP contribution in [0, 0.1) is 5.92 Å². The highest BCUT2D eigenvalue weighted by Gasteiger charge is 2.37. The van der Waals surface area contributed by atoms with Crippen LogP contribution in [0.15, 0.2) is 34.5 Å². The number of carbonyl (C=O) groups is 1. The van der Waals surface area contributed by atoms with Crippen LogP contribution in [0.3, 0.4) is 0 Å². The number of amides is 1. The molecule has 9 heteroatoms. The maximum atomic E-state index is 13.4. The fourth-order valence-electron chi connectivity index (χ4n) is 4.80. The van der Waals surface area contributed by atoms with Crippen LogP contribution >= 0.6 is 11.3 Å². The maximum Gasteiger partial charge on any atom is 0.243 e. The van der Waals surface area contributed by atoms with Gasteiger partial charge in [-0.05, 0) is 54.8 Å². The normalized spacial score (nSPS) is 20.1. The first-order valence-corrected chi connectivity index (χ1v) is 13.3. The van der Waals surface area contributed by atoms with Gasteiger partial charge in [0.05, 0.1) is 25.2 Å². The lowest BCUT2D eigenvalue weighted by molar-refractivity contribution is -0.139. The molecule has 0 aliphatic carbocycles. The van der Waals surface area contributed by atoms with Crippen LogP contribution in [-0.2, 0) is 21.2 Å². The van der Waals surface area contributed by atoms with Gasteiger partial charge in [-0.2, -0.15) is 4.31 Å². The van der Waals surface area contributed by atoms with E-state index in [9.17, 15) is 13.2 Å². The predicted molar refractivity (Wildman–Crippen MR) is 124 cm³/mol. The predicted octanol–water partition coefficient (Wildman–Crippen LogP) is 3.70. The monoisotopic (exact) mass is 478 g/mol. The molecule has 1 aromatic heterocycles. The highest BCUT2D eigenvalue weighted by molar-refractivity contribution is 7.89. The van der Waals surface area contributed by atoms with Gasteiger partial charge in [-0.25, -0.2) is 8.42 Å². The molecular weight excluding hydrogens is 448 g/mol. The van der Waals surface area contributed by atoms with E-state index >= 15 is 0 Å². The minimum absolute atomic E-state index is 0.131. The van der Waals surface area contributed by atoms with Gasteiger partial charge in [-0.15, -0.1) is 11.3 Å². The summed E-state index contributed by atoms with van der Waals surface area (Å²) in [6.07, 6.45) is 2.87. The van der Waals surface area contributed by atoms with Gasteiger partial charge >= 0.3 is 0 Å². The fraction of sp³-hybridized carbons (Fsp3) is 0.522. The highest BCUT2D eigenvalue weighted by atomic mass is 32.2. The average Bonchev–Trinajstić information content (AvgIpc) is 3.31. The van der Waals surface area contributed by atoms with Gasteiger partial charge in [0.1, 0.15) is 0 Å². The quantitative estimate of drug-likeness (QED) is 0.633. The molecule has 1 fully saturated rings. The number of piperidine rings is 1. The van der Waals surface area contributed by atoms with E-state index in [-0.39, 0.29) is 22.8 Å². The second kappa shape index (κ2) is 9.41. The first-order chi connectivity index (χ1) is 15.4. The van der Waals surface area contributed by atoms with Gasteiger partial charge in [-0.3, -0.25) is 4.79 Å². The zero-order valence-electron chi connectivity index (χ0n) is 18.7. The van der Waals surface area contributed by atoms with E-state index in [4.69, 9.17) is 9.47 Å². The molecule has 1 atom stereocenters. The Morgan fingerprint density at radius 2 is 1.81 bits per heavy atom. The molecule has 2 aromatic rings. The summed E-state index contributed by atoms with van der Waals surface area (Å²) in [5.41, 5.74) is 1.28. The number of sulfonamides is 1. The number of hydrogen-bond donors (Lipinski definition) is 0. The van der Waals surface area contributed by atoms with Gasteiger partial charge in [-0.1, -0.05) is 6.92 Å². The molecule has 1 aromatic carbocycles. The van der Waals surface area contributed by atoms with Crippen molar-refractivity contribution in [1.29, 1.82) is 0 Å². The number of ether oxygens (including phenoxy) is 2. The molecule has 1 amide bonds. The smallest absolute Gasteiger partial charge is 0.243 e. The van der Waals surface area contributed by atoms with E-state index in [1.807, 2.05) is 4.90 Å². The maximum absolute atomic E-state index is 13.4. The standard InChI is InChI=1S/C23H30N2O5S2/c1-4-19-18-10-14-31-22(18)9-13-25(19)23(26)16-7-11-24(12-8-16)32(27,28)17-5-6-20(29-2)21(15-17)30-3/h5-6,10,14-16,19H,4,7-9,11-13H2,1-3H3/t19-/m1/s1. The summed E-state index contributed by atoms with van der Waals surface area (Å²) in [5, 5.41) is 2.11. The zero-order valence-corrected chi connectivity index (χ0v) is 20.4. The zero-order chi connectivity index (χ0) is 22.9. The number of benzene rings is 1. The average molecular weight is 479 g/mol.